The Morgan fingerprint density at radius 1 is 0.938 bits per heavy atom. The van der Waals surface area contributed by atoms with Crippen molar-refractivity contribution in [3.63, 3.8) is 0 Å². The average molecular weight is 227 g/mol. The van der Waals surface area contributed by atoms with Gasteiger partial charge in [-0.2, -0.15) is 0 Å². The van der Waals surface area contributed by atoms with Gasteiger partial charge < -0.3 is 15.5 Å². The molecule has 1 atom stereocenters. The molecule has 1 rings (SSSR count). The van der Waals surface area contributed by atoms with Gasteiger partial charge in [0.05, 0.1) is 0 Å². The lowest BCUT2D eigenvalue weighted by atomic mass is 10.1. The van der Waals surface area contributed by atoms with Crippen LogP contribution in [0.15, 0.2) is 0 Å². The highest BCUT2D eigenvalue weighted by atomic mass is 15.3. The van der Waals surface area contributed by atoms with E-state index >= 15 is 0 Å². The number of rotatable bonds is 6. The Morgan fingerprint density at radius 3 is 1.88 bits per heavy atom. The number of hydrogen-bond acceptors (Lipinski definition) is 3. The molecule has 1 aliphatic rings. The maximum atomic E-state index is 5.58. The summed E-state index contributed by atoms with van der Waals surface area (Å²) in [4.78, 5) is 5.19. The fourth-order valence-electron chi connectivity index (χ4n) is 2.49. The van der Waals surface area contributed by atoms with Gasteiger partial charge in [-0.25, -0.2) is 0 Å². The topological polar surface area (TPSA) is 32.5 Å². The van der Waals surface area contributed by atoms with E-state index in [1.54, 1.807) is 0 Å². The maximum Gasteiger partial charge on any atom is 0.0110 e. The standard InChI is InChI=1S/C13H29N3/c1-12(2)10-15-6-8-16(9-7-15)11-13(3)4-5-14/h12-13H,4-11,14H2,1-3H3. The Morgan fingerprint density at radius 2 is 1.44 bits per heavy atom. The van der Waals surface area contributed by atoms with Crippen LogP contribution in [0, 0.1) is 11.8 Å². The summed E-state index contributed by atoms with van der Waals surface area (Å²) in [6.45, 7) is 15.2. The monoisotopic (exact) mass is 227 g/mol. The highest BCUT2D eigenvalue weighted by Gasteiger charge is 2.18. The van der Waals surface area contributed by atoms with Crippen molar-refractivity contribution in [2.75, 3.05) is 45.8 Å². The first-order valence-electron chi connectivity index (χ1n) is 6.76. The molecule has 1 saturated heterocycles. The van der Waals surface area contributed by atoms with Crippen molar-refractivity contribution in [3.05, 3.63) is 0 Å². The van der Waals surface area contributed by atoms with Crippen LogP contribution in [0.1, 0.15) is 27.2 Å². The molecule has 1 heterocycles. The van der Waals surface area contributed by atoms with Crippen molar-refractivity contribution in [1.29, 1.82) is 0 Å². The van der Waals surface area contributed by atoms with Gasteiger partial charge in [-0.1, -0.05) is 20.8 Å². The molecule has 0 aromatic carbocycles. The van der Waals surface area contributed by atoms with E-state index in [9.17, 15) is 0 Å². The second-order valence-corrected chi connectivity index (χ2v) is 5.68. The summed E-state index contributed by atoms with van der Waals surface area (Å²) in [5.74, 6) is 1.55. The molecule has 0 spiro atoms. The molecular formula is C13H29N3. The quantitative estimate of drug-likeness (QED) is 0.741. The molecule has 3 heteroatoms. The fourth-order valence-corrected chi connectivity index (χ4v) is 2.49. The Hall–Kier alpha value is -0.120. The van der Waals surface area contributed by atoms with Crippen molar-refractivity contribution in [2.45, 2.75) is 27.2 Å². The van der Waals surface area contributed by atoms with Gasteiger partial charge in [0.25, 0.3) is 0 Å². The number of nitrogens with zero attached hydrogens (tertiary/aromatic N) is 2. The van der Waals surface area contributed by atoms with Crippen molar-refractivity contribution in [1.82, 2.24) is 9.80 Å². The van der Waals surface area contributed by atoms with Crippen LogP contribution in [0.2, 0.25) is 0 Å². The molecule has 1 aliphatic heterocycles. The van der Waals surface area contributed by atoms with Crippen molar-refractivity contribution >= 4 is 0 Å². The molecule has 1 unspecified atom stereocenters. The minimum absolute atomic E-state index is 0.752. The first-order valence-corrected chi connectivity index (χ1v) is 6.76. The Labute approximate surface area is 101 Å². The summed E-state index contributed by atoms with van der Waals surface area (Å²) < 4.78 is 0. The summed E-state index contributed by atoms with van der Waals surface area (Å²) >= 11 is 0. The van der Waals surface area contributed by atoms with Crippen LogP contribution >= 0.6 is 0 Å². The zero-order valence-corrected chi connectivity index (χ0v) is 11.3. The third kappa shape index (κ3) is 5.28. The molecule has 0 aromatic heterocycles. The Bertz CT molecular complexity index is 174. The number of piperazine rings is 1. The van der Waals surface area contributed by atoms with E-state index in [4.69, 9.17) is 5.73 Å². The van der Waals surface area contributed by atoms with Gasteiger partial charge in [0.2, 0.25) is 0 Å². The van der Waals surface area contributed by atoms with E-state index in [1.807, 2.05) is 0 Å². The van der Waals surface area contributed by atoms with Crippen LogP contribution in [-0.4, -0.2) is 55.6 Å². The lowest BCUT2D eigenvalue weighted by Gasteiger charge is -2.36. The van der Waals surface area contributed by atoms with Crippen molar-refractivity contribution < 1.29 is 0 Å². The van der Waals surface area contributed by atoms with Crippen LogP contribution in [0.4, 0.5) is 0 Å². The van der Waals surface area contributed by atoms with Crippen LogP contribution in [0.5, 0.6) is 0 Å². The second-order valence-electron chi connectivity index (χ2n) is 5.68. The van der Waals surface area contributed by atoms with Gasteiger partial charge in [-0.05, 0) is 24.8 Å². The molecule has 0 radical (unpaired) electrons. The normalized spacial score (nSPS) is 21.6. The summed E-state index contributed by atoms with van der Waals surface area (Å²) in [5.41, 5.74) is 5.58. The third-order valence-corrected chi connectivity index (χ3v) is 3.32. The van der Waals surface area contributed by atoms with Crippen LogP contribution in [-0.2, 0) is 0 Å². The lowest BCUT2D eigenvalue weighted by molar-refractivity contribution is 0.110. The summed E-state index contributed by atoms with van der Waals surface area (Å²) in [7, 11) is 0. The van der Waals surface area contributed by atoms with Gasteiger partial charge in [0, 0.05) is 39.3 Å². The first kappa shape index (κ1) is 13.9. The molecule has 2 N–H and O–H groups in total. The van der Waals surface area contributed by atoms with Crippen LogP contribution in [0.25, 0.3) is 0 Å². The number of nitrogens with two attached hydrogens (primary N) is 1. The van der Waals surface area contributed by atoms with Gasteiger partial charge >= 0.3 is 0 Å². The Balaban J connectivity index is 2.16. The maximum absolute atomic E-state index is 5.58. The SMILES string of the molecule is CC(C)CN1CCN(CC(C)CCN)CC1. The molecule has 1 fully saturated rings. The van der Waals surface area contributed by atoms with E-state index in [1.165, 1.54) is 39.3 Å². The number of hydrogen-bond donors (Lipinski definition) is 1. The van der Waals surface area contributed by atoms with Crippen LogP contribution in [0.3, 0.4) is 0 Å². The fraction of sp³-hybridized carbons (Fsp3) is 1.00. The highest BCUT2D eigenvalue weighted by Crippen LogP contribution is 2.09. The molecule has 16 heavy (non-hydrogen) atoms. The van der Waals surface area contributed by atoms with Crippen molar-refractivity contribution in [2.24, 2.45) is 17.6 Å². The molecule has 96 valence electrons. The van der Waals surface area contributed by atoms with Gasteiger partial charge in [-0.15, -0.1) is 0 Å². The summed E-state index contributed by atoms with van der Waals surface area (Å²) in [6.07, 6.45) is 1.16. The zero-order valence-electron chi connectivity index (χ0n) is 11.3. The first-order chi connectivity index (χ1) is 7.61. The van der Waals surface area contributed by atoms with E-state index in [0.29, 0.717) is 0 Å². The predicted octanol–water partition coefficient (Wildman–Crippen LogP) is 1.24. The van der Waals surface area contributed by atoms with E-state index in [-0.39, 0.29) is 0 Å². The second kappa shape index (κ2) is 7.25. The summed E-state index contributed by atoms with van der Waals surface area (Å²) in [5, 5.41) is 0. The van der Waals surface area contributed by atoms with Gasteiger partial charge in [0.15, 0.2) is 0 Å². The molecule has 0 saturated carbocycles. The van der Waals surface area contributed by atoms with E-state index < -0.39 is 0 Å². The highest BCUT2D eigenvalue weighted by molar-refractivity contribution is 4.74. The third-order valence-electron chi connectivity index (χ3n) is 3.32. The minimum atomic E-state index is 0.752. The molecule has 0 aromatic rings. The molecule has 0 aliphatic carbocycles. The molecule has 0 amide bonds. The van der Waals surface area contributed by atoms with Gasteiger partial charge in [-0.3, -0.25) is 0 Å². The zero-order chi connectivity index (χ0) is 12.0. The lowest BCUT2D eigenvalue weighted by Crippen LogP contribution is -2.48. The molecule has 3 nitrogen and oxygen atoms in total. The minimum Gasteiger partial charge on any atom is -0.330 e. The summed E-state index contributed by atoms with van der Waals surface area (Å²) in [6, 6.07) is 0. The van der Waals surface area contributed by atoms with E-state index in [0.717, 1.165) is 24.8 Å². The largest absolute Gasteiger partial charge is 0.330 e. The Kier molecular flexibility index (Phi) is 6.32. The predicted molar refractivity (Wildman–Crippen MR) is 70.6 cm³/mol. The van der Waals surface area contributed by atoms with Crippen molar-refractivity contribution in [3.8, 4) is 0 Å². The molecular weight excluding hydrogens is 198 g/mol. The smallest absolute Gasteiger partial charge is 0.0110 e. The van der Waals surface area contributed by atoms with Gasteiger partial charge in [0.1, 0.15) is 0 Å². The molecule has 0 bridgehead atoms. The average Bonchev–Trinajstić information content (AvgIpc) is 2.20. The van der Waals surface area contributed by atoms with Crippen LogP contribution < -0.4 is 5.73 Å². The van der Waals surface area contributed by atoms with E-state index in [2.05, 4.69) is 30.6 Å².